The molecule has 0 saturated heterocycles. The number of ketones is 1. The molecule has 1 aromatic carbocycles. The van der Waals surface area contributed by atoms with Gasteiger partial charge in [0.05, 0.1) is 11.1 Å². The van der Waals surface area contributed by atoms with Crippen molar-refractivity contribution in [1.82, 2.24) is 4.98 Å². The Labute approximate surface area is 110 Å². The molecule has 2 heterocycles. The van der Waals surface area contributed by atoms with Crippen LogP contribution in [0.2, 0.25) is 0 Å². The molecule has 3 aromatic rings. The molecule has 2 aromatic heterocycles. The normalized spacial score (nSPS) is 10.8. The smallest absolute Gasteiger partial charge is 0.196 e. The standard InChI is InChI=1S/C16H13NO2/c1-10-3-4-12-8-13(5-6-15(12)17-10)16(18)14-7-11(2)19-9-14/h3-9H,1-2H3. The molecule has 0 atom stereocenters. The van der Waals surface area contributed by atoms with Gasteiger partial charge in [-0.1, -0.05) is 6.07 Å². The van der Waals surface area contributed by atoms with Gasteiger partial charge in [-0.2, -0.15) is 0 Å². The predicted octanol–water partition coefficient (Wildman–Crippen LogP) is 3.68. The fourth-order valence-corrected chi connectivity index (χ4v) is 2.10. The lowest BCUT2D eigenvalue weighted by Gasteiger charge is -2.02. The van der Waals surface area contributed by atoms with Gasteiger partial charge in [-0.25, -0.2) is 0 Å². The van der Waals surface area contributed by atoms with Gasteiger partial charge in [-0.3, -0.25) is 9.78 Å². The maximum atomic E-state index is 12.3. The van der Waals surface area contributed by atoms with Gasteiger partial charge in [0.2, 0.25) is 0 Å². The lowest BCUT2D eigenvalue weighted by Crippen LogP contribution is -1.99. The van der Waals surface area contributed by atoms with E-state index in [1.54, 1.807) is 12.1 Å². The SMILES string of the molecule is Cc1ccc2cc(C(=O)c3coc(C)c3)ccc2n1. The van der Waals surface area contributed by atoms with Gasteiger partial charge in [0.25, 0.3) is 0 Å². The summed E-state index contributed by atoms with van der Waals surface area (Å²) in [6.45, 7) is 3.77. The van der Waals surface area contributed by atoms with Crippen molar-refractivity contribution in [3.05, 3.63) is 65.2 Å². The van der Waals surface area contributed by atoms with Crippen LogP contribution in [0.1, 0.15) is 27.4 Å². The van der Waals surface area contributed by atoms with Crippen LogP contribution in [-0.4, -0.2) is 10.8 Å². The molecule has 0 aliphatic rings. The van der Waals surface area contributed by atoms with E-state index in [1.165, 1.54) is 6.26 Å². The first-order chi connectivity index (χ1) is 9.13. The predicted molar refractivity (Wildman–Crippen MR) is 73.4 cm³/mol. The number of benzene rings is 1. The second-order valence-corrected chi connectivity index (χ2v) is 4.64. The second kappa shape index (κ2) is 4.35. The second-order valence-electron chi connectivity index (χ2n) is 4.64. The van der Waals surface area contributed by atoms with Crippen LogP contribution in [0, 0.1) is 13.8 Å². The van der Waals surface area contributed by atoms with Gasteiger partial charge >= 0.3 is 0 Å². The highest BCUT2D eigenvalue weighted by molar-refractivity contribution is 6.10. The number of aromatic nitrogens is 1. The first kappa shape index (κ1) is 11.7. The number of carbonyl (C=O) groups is 1. The number of furan rings is 1. The fourth-order valence-electron chi connectivity index (χ4n) is 2.10. The van der Waals surface area contributed by atoms with Crippen molar-refractivity contribution >= 4 is 16.7 Å². The fraction of sp³-hybridized carbons (Fsp3) is 0.125. The molecule has 0 unspecified atom stereocenters. The number of carbonyl (C=O) groups excluding carboxylic acids is 1. The Morgan fingerprint density at radius 1 is 1.05 bits per heavy atom. The van der Waals surface area contributed by atoms with Crippen molar-refractivity contribution in [3.63, 3.8) is 0 Å². The molecular formula is C16H13NO2. The molecule has 3 heteroatoms. The highest BCUT2D eigenvalue weighted by atomic mass is 16.3. The summed E-state index contributed by atoms with van der Waals surface area (Å²) in [4.78, 5) is 16.7. The van der Waals surface area contributed by atoms with Crippen LogP contribution in [0.5, 0.6) is 0 Å². The summed E-state index contributed by atoms with van der Waals surface area (Å²) < 4.78 is 5.18. The molecular weight excluding hydrogens is 238 g/mol. The van der Waals surface area contributed by atoms with Crippen molar-refractivity contribution in [2.75, 3.05) is 0 Å². The van der Waals surface area contributed by atoms with Gasteiger partial charge in [0.15, 0.2) is 5.78 Å². The van der Waals surface area contributed by atoms with E-state index in [0.717, 1.165) is 22.4 Å². The van der Waals surface area contributed by atoms with E-state index in [4.69, 9.17) is 4.42 Å². The van der Waals surface area contributed by atoms with E-state index >= 15 is 0 Å². The summed E-state index contributed by atoms with van der Waals surface area (Å²) >= 11 is 0. The molecule has 0 saturated carbocycles. The summed E-state index contributed by atoms with van der Waals surface area (Å²) in [6.07, 6.45) is 1.50. The van der Waals surface area contributed by atoms with Crippen molar-refractivity contribution in [2.45, 2.75) is 13.8 Å². The number of aryl methyl sites for hydroxylation is 2. The average Bonchev–Trinajstić information content (AvgIpc) is 2.84. The molecule has 94 valence electrons. The number of hydrogen-bond donors (Lipinski definition) is 0. The average molecular weight is 251 g/mol. The minimum atomic E-state index is -0.0284. The van der Waals surface area contributed by atoms with Crippen LogP contribution in [0.4, 0.5) is 0 Å². The Hall–Kier alpha value is -2.42. The Morgan fingerprint density at radius 2 is 1.89 bits per heavy atom. The first-order valence-corrected chi connectivity index (χ1v) is 6.11. The molecule has 0 spiro atoms. The van der Waals surface area contributed by atoms with Crippen molar-refractivity contribution in [2.24, 2.45) is 0 Å². The minimum absolute atomic E-state index is 0.0284. The van der Waals surface area contributed by atoms with E-state index in [0.29, 0.717) is 11.1 Å². The summed E-state index contributed by atoms with van der Waals surface area (Å²) in [6, 6.07) is 11.2. The van der Waals surface area contributed by atoms with Crippen LogP contribution in [-0.2, 0) is 0 Å². The maximum absolute atomic E-state index is 12.3. The Bertz CT molecular complexity index is 771. The lowest BCUT2D eigenvalue weighted by atomic mass is 10.0. The molecule has 0 aliphatic carbocycles. The quantitative estimate of drug-likeness (QED) is 0.652. The first-order valence-electron chi connectivity index (χ1n) is 6.11. The molecule has 0 amide bonds. The molecule has 0 bridgehead atoms. The maximum Gasteiger partial charge on any atom is 0.196 e. The van der Waals surface area contributed by atoms with E-state index in [2.05, 4.69) is 4.98 Å². The summed E-state index contributed by atoms with van der Waals surface area (Å²) in [5.41, 5.74) is 3.10. The van der Waals surface area contributed by atoms with Gasteiger partial charge in [-0.05, 0) is 44.2 Å². The van der Waals surface area contributed by atoms with Crippen LogP contribution in [0.3, 0.4) is 0 Å². The van der Waals surface area contributed by atoms with Gasteiger partial charge in [0.1, 0.15) is 12.0 Å². The third-order valence-corrected chi connectivity index (χ3v) is 3.08. The third kappa shape index (κ3) is 2.15. The Balaban J connectivity index is 2.06. The number of hydrogen-bond acceptors (Lipinski definition) is 3. The molecule has 19 heavy (non-hydrogen) atoms. The van der Waals surface area contributed by atoms with E-state index < -0.39 is 0 Å². The van der Waals surface area contributed by atoms with Crippen molar-refractivity contribution < 1.29 is 9.21 Å². The zero-order valence-corrected chi connectivity index (χ0v) is 10.8. The van der Waals surface area contributed by atoms with Gasteiger partial charge in [0, 0.05) is 16.6 Å². The molecule has 3 nitrogen and oxygen atoms in total. The molecule has 0 N–H and O–H groups in total. The molecule has 0 fully saturated rings. The minimum Gasteiger partial charge on any atom is -0.469 e. The van der Waals surface area contributed by atoms with Gasteiger partial charge in [-0.15, -0.1) is 0 Å². The molecule has 3 rings (SSSR count). The monoisotopic (exact) mass is 251 g/mol. The van der Waals surface area contributed by atoms with Gasteiger partial charge < -0.3 is 4.42 Å². The van der Waals surface area contributed by atoms with Crippen molar-refractivity contribution in [3.8, 4) is 0 Å². The summed E-state index contributed by atoms with van der Waals surface area (Å²) in [5.74, 6) is 0.709. The highest BCUT2D eigenvalue weighted by Gasteiger charge is 2.12. The number of rotatable bonds is 2. The third-order valence-electron chi connectivity index (χ3n) is 3.08. The Morgan fingerprint density at radius 3 is 2.63 bits per heavy atom. The highest BCUT2D eigenvalue weighted by Crippen LogP contribution is 2.18. The summed E-state index contributed by atoms with van der Waals surface area (Å²) in [7, 11) is 0. The van der Waals surface area contributed by atoms with Crippen molar-refractivity contribution in [1.29, 1.82) is 0 Å². The number of pyridine rings is 1. The molecule has 0 radical (unpaired) electrons. The molecule has 0 aliphatic heterocycles. The van der Waals surface area contributed by atoms with E-state index in [1.807, 2.05) is 38.1 Å². The van der Waals surface area contributed by atoms with E-state index in [9.17, 15) is 4.79 Å². The zero-order valence-electron chi connectivity index (χ0n) is 10.8. The Kier molecular flexibility index (Phi) is 2.67. The number of nitrogens with zero attached hydrogens (tertiary/aromatic N) is 1. The van der Waals surface area contributed by atoms with Crippen LogP contribution in [0.25, 0.3) is 10.9 Å². The van der Waals surface area contributed by atoms with Crippen LogP contribution < -0.4 is 0 Å². The van der Waals surface area contributed by atoms with E-state index in [-0.39, 0.29) is 5.78 Å². The largest absolute Gasteiger partial charge is 0.469 e. The number of fused-ring (bicyclic) bond motifs is 1. The van der Waals surface area contributed by atoms with Crippen LogP contribution in [0.15, 0.2) is 47.1 Å². The topological polar surface area (TPSA) is 43.1 Å². The van der Waals surface area contributed by atoms with Crippen LogP contribution >= 0.6 is 0 Å². The summed E-state index contributed by atoms with van der Waals surface area (Å²) in [5, 5.41) is 0.969. The lowest BCUT2D eigenvalue weighted by molar-refractivity contribution is 0.103. The zero-order chi connectivity index (χ0) is 13.4.